The molecule has 12 heavy (non-hydrogen) atoms. The molecule has 0 radical (unpaired) electrons. The van der Waals surface area contributed by atoms with Crippen LogP contribution in [0.1, 0.15) is 33.6 Å². The van der Waals surface area contributed by atoms with Gasteiger partial charge in [0, 0.05) is 6.42 Å². The summed E-state index contributed by atoms with van der Waals surface area (Å²) in [5.74, 6) is 0.118. The summed E-state index contributed by atoms with van der Waals surface area (Å²) in [7, 11) is 0. The van der Waals surface area contributed by atoms with Crippen molar-refractivity contribution >= 4 is 5.78 Å². The summed E-state index contributed by atoms with van der Waals surface area (Å²) in [5, 5.41) is 0. The van der Waals surface area contributed by atoms with Gasteiger partial charge < -0.3 is 11.5 Å². The summed E-state index contributed by atoms with van der Waals surface area (Å²) in [5.41, 5.74) is 10.9. The van der Waals surface area contributed by atoms with Crippen LogP contribution in [0.2, 0.25) is 0 Å². The zero-order valence-electron chi connectivity index (χ0n) is 8.26. The second-order valence-electron chi connectivity index (χ2n) is 4.39. The molecular weight excluding hydrogens is 152 g/mol. The lowest BCUT2D eigenvalue weighted by atomic mass is 9.87. The van der Waals surface area contributed by atoms with Crippen LogP contribution in [0, 0.1) is 5.41 Å². The summed E-state index contributed by atoms with van der Waals surface area (Å²) in [6, 6.07) is -0.366. The maximum absolute atomic E-state index is 11.4. The van der Waals surface area contributed by atoms with Gasteiger partial charge in [0.15, 0.2) is 0 Å². The molecule has 0 rings (SSSR count). The van der Waals surface area contributed by atoms with Gasteiger partial charge in [0.05, 0.1) is 6.04 Å². The zero-order chi connectivity index (χ0) is 9.78. The van der Waals surface area contributed by atoms with Crippen molar-refractivity contribution in [1.29, 1.82) is 0 Å². The van der Waals surface area contributed by atoms with E-state index >= 15 is 0 Å². The molecule has 0 aromatic carbocycles. The molecule has 0 spiro atoms. The van der Waals surface area contributed by atoms with Crippen LogP contribution in [0.3, 0.4) is 0 Å². The van der Waals surface area contributed by atoms with Crippen LogP contribution >= 0.6 is 0 Å². The van der Waals surface area contributed by atoms with E-state index in [4.69, 9.17) is 11.5 Å². The average molecular weight is 172 g/mol. The Morgan fingerprint density at radius 1 is 1.42 bits per heavy atom. The summed E-state index contributed by atoms with van der Waals surface area (Å²) >= 11 is 0. The van der Waals surface area contributed by atoms with Crippen molar-refractivity contribution in [2.45, 2.75) is 39.7 Å². The number of Topliss-reactive ketones (excluding diaryl/α,β-unsaturated/α-hetero) is 1. The second-order valence-corrected chi connectivity index (χ2v) is 4.39. The smallest absolute Gasteiger partial charge is 0.150 e. The topological polar surface area (TPSA) is 69.1 Å². The second kappa shape index (κ2) is 4.58. The van der Waals surface area contributed by atoms with Gasteiger partial charge in [-0.3, -0.25) is 4.79 Å². The first-order chi connectivity index (χ1) is 5.37. The molecular formula is C9H20N2O. The number of nitrogens with two attached hydrogens (primary N) is 2. The molecule has 0 saturated carbocycles. The van der Waals surface area contributed by atoms with Crippen molar-refractivity contribution in [2.75, 3.05) is 6.54 Å². The van der Waals surface area contributed by atoms with Crippen LogP contribution in [0.4, 0.5) is 0 Å². The van der Waals surface area contributed by atoms with Gasteiger partial charge in [-0.25, -0.2) is 0 Å². The largest absolute Gasteiger partial charge is 0.330 e. The fourth-order valence-electron chi connectivity index (χ4n) is 0.994. The fraction of sp³-hybridized carbons (Fsp3) is 0.889. The van der Waals surface area contributed by atoms with Gasteiger partial charge in [-0.05, 0) is 18.4 Å². The molecule has 3 nitrogen and oxygen atoms in total. The first-order valence-corrected chi connectivity index (χ1v) is 4.35. The summed E-state index contributed by atoms with van der Waals surface area (Å²) < 4.78 is 0. The van der Waals surface area contributed by atoms with Gasteiger partial charge >= 0.3 is 0 Å². The SMILES string of the molecule is CC(C)(C)CC(=O)C(N)CCN. The van der Waals surface area contributed by atoms with E-state index in [-0.39, 0.29) is 17.2 Å². The molecule has 0 amide bonds. The summed E-state index contributed by atoms with van der Waals surface area (Å²) in [6.45, 7) is 6.57. The molecule has 0 aliphatic carbocycles. The molecule has 1 unspecified atom stereocenters. The highest BCUT2D eigenvalue weighted by Crippen LogP contribution is 2.19. The Kier molecular flexibility index (Phi) is 4.42. The highest BCUT2D eigenvalue weighted by atomic mass is 16.1. The minimum Gasteiger partial charge on any atom is -0.330 e. The molecule has 3 heteroatoms. The van der Waals surface area contributed by atoms with Crippen molar-refractivity contribution in [1.82, 2.24) is 0 Å². The molecule has 0 bridgehead atoms. The average Bonchev–Trinajstić information content (AvgIpc) is 1.84. The van der Waals surface area contributed by atoms with E-state index in [0.717, 1.165) is 0 Å². The monoisotopic (exact) mass is 172 g/mol. The lowest BCUT2D eigenvalue weighted by Crippen LogP contribution is -2.34. The molecule has 0 aliphatic heterocycles. The van der Waals surface area contributed by atoms with Crippen LogP contribution in [0.5, 0.6) is 0 Å². The van der Waals surface area contributed by atoms with Gasteiger partial charge in [0.25, 0.3) is 0 Å². The predicted octanol–water partition coefficient (Wildman–Crippen LogP) is 0.668. The van der Waals surface area contributed by atoms with Crippen molar-refractivity contribution in [2.24, 2.45) is 16.9 Å². The molecule has 0 saturated heterocycles. The van der Waals surface area contributed by atoms with Crippen molar-refractivity contribution in [3.63, 3.8) is 0 Å². The standard InChI is InChI=1S/C9H20N2O/c1-9(2,3)6-8(12)7(11)4-5-10/h7H,4-6,10-11H2,1-3H3. The minimum absolute atomic E-state index is 0.0311. The normalized spacial score (nSPS) is 14.4. The van der Waals surface area contributed by atoms with E-state index in [1.807, 2.05) is 20.8 Å². The zero-order valence-corrected chi connectivity index (χ0v) is 8.26. The third-order valence-electron chi connectivity index (χ3n) is 1.60. The molecule has 0 aromatic heterocycles. The van der Waals surface area contributed by atoms with E-state index in [1.54, 1.807) is 0 Å². The Morgan fingerprint density at radius 3 is 2.25 bits per heavy atom. The number of rotatable bonds is 4. The Morgan fingerprint density at radius 2 is 1.92 bits per heavy atom. The number of ketones is 1. The predicted molar refractivity (Wildman–Crippen MR) is 50.7 cm³/mol. The third kappa shape index (κ3) is 5.27. The van der Waals surface area contributed by atoms with E-state index in [1.165, 1.54) is 0 Å². The van der Waals surface area contributed by atoms with Crippen LogP contribution < -0.4 is 11.5 Å². The van der Waals surface area contributed by atoms with Gasteiger partial charge in [0.1, 0.15) is 5.78 Å². The number of carbonyl (C=O) groups is 1. The van der Waals surface area contributed by atoms with E-state index in [2.05, 4.69) is 0 Å². The van der Waals surface area contributed by atoms with E-state index in [0.29, 0.717) is 19.4 Å². The van der Waals surface area contributed by atoms with Crippen molar-refractivity contribution in [3.05, 3.63) is 0 Å². The van der Waals surface area contributed by atoms with Crippen LogP contribution in [0.15, 0.2) is 0 Å². The van der Waals surface area contributed by atoms with Crippen molar-refractivity contribution < 1.29 is 4.79 Å². The first kappa shape index (κ1) is 11.6. The number of carbonyl (C=O) groups excluding carboxylic acids is 1. The Hall–Kier alpha value is -0.410. The fourth-order valence-corrected chi connectivity index (χ4v) is 0.994. The Labute approximate surface area is 74.5 Å². The lowest BCUT2D eigenvalue weighted by Gasteiger charge is -2.19. The molecule has 72 valence electrons. The lowest BCUT2D eigenvalue weighted by molar-refractivity contribution is -0.122. The quantitative estimate of drug-likeness (QED) is 0.654. The maximum Gasteiger partial charge on any atom is 0.150 e. The maximum atomic E-state index is 11.4. The summed E-state index contributed by atoms with van der Waals surface area (Å²) in [6.07, 6.45) is 1.13. The van der Waals surface area contributed by atoms with E-state index < -0.39 is 0 Å². The highest BCUT2D eigenvalue weighted by Gasteiger charge is 2.20. The van der Waals surface area contributed by atoms with Gasteiger partial charge in [-0.1, -0.05) is 20.8 Å². The Balaban J connectivity index is 3.87. The van der Waals surface area contributed by atoms with Crippen LogP contribution in [-0.2, 0) is 4.79 Å². The van der Waals surface area contributed by atoms with Gasteiger partial charge in [-0.2, -0.15) is 0 Å². The minimum atomic E-state index is -0.366. The van der Waals surface area contributed by atoms with Crippen LogP contribution in [-0.4, -0.2) is 18.4 Å². The number of hydrogen-bond donors (Lipinski definition) is 2. The molecule has 0 fully saturated rings. The summed E-state index contributed by atoms with van der Waals surface area (Å²) in [4.78, 5) is 11.4. The molecule has 1 atom stereocenters. The Bertz CT molecular complexity index is 149. The third-order valence-corrected chi connectivity index (χ3v) is 1.60. The van der Waals surface area contributed by atoms with E-state index in [9.17, 15) is 4.79 Å². The first-order valence-electron chi connectivity index (χ1n) is 4.35. The molecule has 0 aliphatic rings. The van der Waals surface area contributed by atoms with Gasteiger partial charge in [0.2, 0.25) is 0 Å². The van der Waals surface area contributed by atoms with Crippen LogP contribution in [0.25, 0.3) is 0 Å². The highest BCUT2D eigenvalue weighted by molar-refractivity contribution is 5.84. The molecule has 0 heterocycles. The molecule has 0 aromatic rings. The molecule has 4 N–H and O–H groups in total. The number of hydrogen-bond acceptors (Lipinski definition) is 3. The van der Waals surface area contributed by atoms with Gasteiger partial charge in [-0.15, -0.1) is 0 Å². The van der Waals surface area contributed by atoms with Crippen molar-refractivity contribution in [3.8, 4) is 0 Å².